The molecule has 20 heavy (non-hydrogen) atoms. The third-order valence-electron chi connectivity index (χ3n) is 3.53. The molecule has 2 aromatic rings. The monoisotopic (exact) mass is 271 g/mol. The molecule has 0 bridgehead atoms. The number of likely N-dealkylation sites (N-methyl/N-ethyl adjacent to an activating group) is 1. The van der Waals surface area contributed by atoms with Crippen LogP contribution in [0.2, 0.25) is 0 Å². The Balaban J connectivity index is 1.70. The lowest BCUT2D eigenvalue weighted by Crippen LogP contribution is -2.34. The van der Waals surface area contributed by atoms with E-state index in [9.17, 15) is 4.79 Å². The van der Waals surface area contributed by atoms with E-state index in [4.69, 9.17) is 4.74 Å². The number of cyclic esters (lactones) is 1. The van der Waals surface area contributed by atoms with E-state index in [2.05, 4.69) is 5.10 Å². The second-order valence-electron chi connectivity index (χ2n) is 5.02. The number of hydrogen-bond donors (Lipinski definition) is 0. The van der Waals surface area contributed by atoms with Crippen LogP contribution in [0.5, 0.6) is 0 Å². The van der Waals surface area contributed by atoms with Crippen molar-refractivity contribution in [1.82, 2.24) is 14.7 Å². The highest BCUT2D eigenvalue weighted by Gasteiger charge is 2.30. The minimum atomic E-state index is -0.130. The standard InChI is InChI=1S/C15H17N3O2/c1-17(14-7-8-20-15(14)19)10-12-9-16-18(11-12)13-5-3-2-4-6-13/h2-6,9,11,14H,7-8,10H2,1H3. The average molecular weight is 271 g/mol. The zero-order chi connectivity index (χ0) is 13.9. The predicted octanol–water partition coefficient (Wildman–Crippen LogP) is 1.62. The highest BCUT2D eigenvalue weighted by Crippen LogP contribution is 2.16. The van der Waals surface area contributed by atoms with Gasteiger partial charge in [0.05, 0.1) is 18.5 Å². The first-order chi connectivity index (χ1) is 9.74. The highest BCUT2D eigenvalue weighted by molar-refractivity contribution is 5.77. The maximum Gasteiger partial charge on any atom is 0.323 e. The Kier molecular flexibility index (Phi) is 3.52. The molecule has 1 unspecified atom stereocenters. The molecule has 1 aliphatic rings. The van der Waals surface area contributed by atoms with Gasteiger partial charge in [0.15, 0.2) is 0 Å². The summed E-state index contributed by atoms with van der Waals surface area (Å²) < 4.78 is 6.84. The molecule has 5 heteroatoms. The largest absolute Gasteiger partial charge is 0.464 e. The Hall–Kier alpha value is -2.14. The number of aromatic nitrogens is 2. The van der Waals surface area contributed by atoms with Crippen molar-refractivity contribution >= 4 is 5.97 Å². The van der Waals surface area contributed by atoms with Crippen LogP contribution in [-0.4, -0.2) is 40.3 Å². The van der Waals surface area contributed by atoms with Gasteiger partial charge < -0.3 is 4.74 Å². The van der Waals surface area contributed by atoms with Crippen molar-refractivity contribution < 1.29 is 9.53 Å². The van der Waals surface area contributed by atoms with Crippen LogP contribution < -0.4 is 0 Å². The van der Waals surface area contributed by atoms with Crippen molar-refractivity contribution in [2.45, 2.75) is 19.0 Å². The average Bonchev–Trinajstić information content (AvgIpc) is 3.09. The van der Waals surface area contributed by atoms with Gasteiger partial charge in [0.1, 0.15) is 6.04 Å². The highest BCUT2D eigenvalue weighted by atomic mass is 16.5. The van der Waals surface area contributed by atoms with Crippen molar-refractivity contribution in [2.24, 2.45) is 0 Å². The Morgan fingerprint density at radius 1 is 1.40 bits per heavy atom. The summed E-state index contributed by atoms with van der Waals surface area (Å²) in [4.78, 5) is 13.6. The summed E-state index contributed by atoms with van der Waals surface area (Å²) in [7, 11) is 1.94. The molecule has 1 aromatic carbocycles. The van der Waals surface area contributed by atoms with Crippen LogP contribution >= 0.6 is 0 Å². The number of hydrogen-bond acceptors (Lipinski definition) is 4. The van der Waals surface area contributed by atoms with Crippen LogP contribution in [0.4, 0.5) is 0 Å². The van der Waals surface area contributed by atoms with Crippen molar-refractivity contribution in [2.75, 3.05) is 13.7 Å². The van der Waals surface area contributed by atoms with Gasteiger partial charge in [0.25, 0.3) is 0 Å². The SMILES string of the molecule is CN(Cc1cnn(-c2ccccc2)c1)C1CCOC1=O. The van der Waals surface area contributed by atoms with E-state index >= 15 is 0 Å². The van der Waals surface area contributed by atoms with E-state index in [1.165, 1.54) is 0 Å². The maximum absolute atomic E-state index is 11.5. The fourth-order valence-electron chi connectivity index (χ4n) is 2.45. The van der Waals surface area contributed by atoms with Gasteiger partial charge in [-0.25, -0.2) is 4.68 Å². The Bertz CT molecular complexity index is 594. The van der Waals surface area contributed by atoms with E-state index < -0.39 is 0 Å². The molecule has 2 heterocycles. The first-order valence-electron chi connectivity index (χ1n) is 6.70. The molecule has 0 aliphatic carbocycles. The molecule has 0 spiro atoms. The van der Waals surface area contributed by atoms with E-state index in [1.54, 1.807) is 0 Å². The molecule has 1 aliphatic heterocycles. The molecule has 0 radical (unpaired) electrons. The van der Waals surface area contributed by atoms with Crippen molar-refractivity contribution in [3.63, 3.8) is 0 Å². The Labute approximate surface area is 117 Å². The minimum Gasteiger partial charge on any atom is -0.464 e. The van der Waals surface area contributed by atoms with Crippen LogP contribution in [0.1, 0.15) is 12.0 Å². The summed E-state index contributed by atoms with van der Waals surface area (Å²) in [6, 6.07) is 9.83. The van der Waals surface area contributed by atoms with Gasteiger partial charge in [-0.15, -0.1) is 0 Å². The van der Waals surface area contributed by atoms with Gasteiger partial charge in [-0.2, -0.15) is 5.10 Å². The second kappa shape index (κ2) is 5.46. The molecule has 1 atom stereocenters. The topological polar surface area (TPSA) is 47.4 Å². The van der Waals surface area contributed by atoms with Crippen molar-refractivity contribution in [3.05, 3.63) is 48.3 Å². The van der Waals surface area contributed by atoms with Gasteiger partial charge in [0, 0.05) is 24.7 Å². The first kappa shape index (κ1) is 12.9. The fourth-order valence-corrected chi connectivity index (χ4v) is 2.45. The molecule has 1 saturated heterocycles. The fraction of sp³-hybridized carbons (Fsp3) is 0.333. The third-order valence-corrected chi connectivity index (χ3v) is 3.53. The number of ether oxygens (including phenoxy) is 1. The summed E-state index contributed by atoms with van der Waals surface area (Å²) in [5, 5.41) is 4.36. The molecule has 0 saturated carbocycles. The smallest absolute Gasteiger partial charge is 0.323 e. The Morgan fingerprint density at radius 3 is 2.90 bits per heavy atom. The van der Waals surface area contributed by atoms with Crippen molar-refractivity contribution in [1.29, 1.82) is 0 Å². The lowest BCUT2D eigenvalue weighted by molar-refractivity contribution is -0.142. The number of esters is 1. The van der Waals surface area contributed by atoms with Crippen LogP contribution in [0.25, 0.3) is 5.69 Å². The minimum absolute atomic E-state index is 0.122. The molecule has 1 fully saturated rings. The van der Waals surface area contributed by atoms with E-state index in [-0.39, 0.29) is 12.0 Å². The molecule has 104 valence electrons. The van der Waals surface area contributed by atoms with E-state index in [0.717, 1.165) is 17.7 Å². The third kappa shape index (κ3) is 2.58. The van der Waals surface area contributed by atoms with E-state index in [1.807, 2.05) is 59.4 Å². The van der Waals surface area contributed by atoms with Gasteiger partial charge in [0.2, 0.25) is 0 Å². The molecule has 1 aromatic heterocycles. The summed E-state index contributed by atoms with van der Waals surface area (Å²) in [5.41, 5.74) is 2.11. The summed E-state index contributed by atoms with van der Waals surface area (Å²) in [6.07, 6.45) is 4.60. The lowest BCUT2D eigenvalue weighted by Gasteiger charge is -2.19. The van der Waals surface area contributed by atoms with Crippen LogP contribution in [0, 0.1) is 0 Å². The van der Waals surface area contributed by atoms with Crippen LogP contribution in [0.15, 0.2) is 42.7 Å². The van der Waals surface area contributed by atoms with Crippen LogP contribution in [0.3, 0.4) is 0 Å². The molecule has 0 amide bonds. The summed E-state index contributed by atoms with van der Waals surface area (Å²) in [5.74, 6) is -0.122. The Morgan fingerprint density at radius 2 is 2.20 bits per heavy atom. The number of carbonyl (C=O) groups is 1. The molecular formula is C15H17N3O2. The number of nitrogens with zero attached hydrogens (tertiary/aromatic N) is 3. The molecule has 5 nitrogen and oxygen atoms in total. The molecular weight excluding hydrogens is 254 g/mol. The number of para-hydroxylation sites is 1. The summed E-state index contributed by atoms with van der Waals surface area (Å²) >= 11 is 0. The molecule has 0 N–H and O–H groups in total. The quantitative estimate of drug-likeness (QED) is 0.793. The van der Waals surface area contributed by atoms with Crippen molar-refractivity contribution in [3.8, 4) is 5.69 Å². The van der Waals surface area contributed by atoms with Gasteiger partial charge in [-0.1, -0.05) is 18.2 Å². The zero-order valence-electron chi connectivity index (χ0n) is 11.4. The predicted molar refractivity (Wildman–Crippen MR) is 74.4 cm³/mol. The number of carbonyl (C=O) groups excluding carboxylic acids is 1. The number of benzene rings is 1. The number of rotatable bonds is 4. The summed E-state index contributed by atoms with van der Waals surface area (Å²) in [6.45, 7) is 1.21. The van der Waals surface area contributed by atoms with E-state index in [0.29, 0.717) is 13.2 Å². The van der Waals surface area contributed by atoms with Crippen LogP contribution in [-0.2, 0) is 16.1 Å². The van der Waals surface area contributed by atoms with Gasteiger partial charge >= 0.3 is 5.97 Å². The zero-order valence-corrected chi connectivity index (χ0v) is 11.4. The van der Waals surface area contributed by atoms with Gasteiger partial charge in [-0.05, 0) is 19.2 Å². The second-order valence-corrected chi connectivity index (χ2v) is 5.02. The first-order valence-corrected chi connectivity index (χ1v) is 6.70. The van der Waals surface area contributed by atoms with Gasteiger partial charge in [-0.3, -0.25) is 9.69 Å². The maximum atomic E-state index is 11.5. The lowest BCUT2D eigenvalue weighted by atomic mass is 10.2. The molecule has 3 rings (SSSR count). The normalized spacial score (nSPS) is 18.5.